The third-order valence-electron chi connectivity index (χ3n) is 5.32. The number of aromatic nitrogens is 5. The van der Waals surface area contributed by atoms with E-state index in [2.05, 4.69) is 19.9 Å². The van der Waals surface area contributed by atoms with Crippen LogP contribution in [0.5, 0.6) is 0 Å². The van der Waals surface area contributed by atoms with Crippen LogP contribution in [0.3, 0.4) is 0 Å². The molecule has 1 aliphatic rings. The summed E-state index contributed by atoms with van der Waals surface area (Å²) in [5.74, 6) is 0.455. The fraction of sp³-hybridized carbons (Fsp3) is 0.273. The molecular formula is C22H21F2N7O. The molecule has 32 heavy (non-hydrogen) atoms. The number of rotatable bonds is 5. The Morgan fingerprint density at radius 2 is 1.56 bits per heavy atom. The summed E-state index contributed by atoms with van der Waals surface area (Å²) in [5, 5.41) is 0. The largest absolute Gasteiger partial charge is 0.378 e. The Morgan fingerprint density at radius 1 is 0.875 bits per heavy atom. The van der Waals surface area contributed by atoms with Gasteiger partial charge in [-0.1, -0.05) is 30.3 Å². The van der Waals surface area contributed by atoms with Crippen LogP contribution in [-0.2, 0) is 4.74 Å². The van der Waals surface area contributed by atoms with Gasteiger partial charge in [0.05, 0.1) is 24.2 Å². The summed E-state index contributed by atoms with van der Waals surface area (Å²) in [6.45, 7) is 2.29. The molecule has 4 aromatic rings. The van der Waals surface area contributed by atoms with Gasteiger partial charge in [0.2, 0.25) is 17.8 Å². The second kappa shape index (κ2) is 8.46. The third-order valence-corrected chi connectivity index (χ3v) is 5.32. The first-order valence-electron chi connectivity index (χ1n) is 10.3. The monoisotopic (exact) mass is 437 g/mol. The van der Waals surface area contributed by atoms with Crippen LogP contribution in [0.25, 0.3) is 17.0 Å². The van der Waals surface area contributed by atoms with Crippen LogP contribution in [0.2, 0.25) is 0 Å². The summed E-state index contributed by atoms with van der Waals surface area (Å²) in [5.41, 5.74) is 1.83. The lowest BCUT2D eigenvalue weighted by molar-refractivity contribution is 0.122. The predicted octanol–water partition coefficient (Wildman–Crippen LogP) is 3.75. The highest BCUT2D eigenvalue weighted by Gasteiger charge is 2.25. The van der Waals surface area contributed by atoms with Crippen LogP contribution in [-0.4, -0.2) is 57.9 Å². The van der Waals surface area contributed by atoms with E-state index < -0.39 is 12.2 Å². The normalized spacial score (nSPS) is 14.3. The summed E-state index contributed by atoms with van der Waals surface area (Å²) in [4.78, 5) is 21.7. The standard InChI is InChI=1S/C22H21F2N7O/c1-29(15-7-3-2-4-8-15)20-26-21(30-11-13-32-14-12-30)28-22(27-20)31-17-10-6-5-9-16(17)25-19(31)18(23)24/h2-10,18H,11-14H2,1H3. The van der Waals surface area contributed by atoms with Gasteiger partial charge in [-0.2, -0.15) is 15.0 Å². The van der Waals surface area contributed by atoms with Crippen molar-refractivity contribution in [1.29, 1.82) is 0 Å². The Hall–Kier alpha value is -3.66. The van der Waals surface area contributed by atoms with Crippen LogP contribution < -0.4 is 9.80 Å². The average Bonchev–Trinajstić information content (AvgIpc) is 3.24. The van der Waals surface area contributed by atoms with Crippen LogP contribution in [0.1, 0.15) is 12.2 Å². The summed E-state index contributed by atoms with van der Waals surface area (Å²) in [7, 11) is 1.83. The highest BCUT2D eigenvalue weighted by Crippen LogP contribution is 2.29. The Morgan fingerprint density at radius 3 is 2.31 bits per heavy atom. The fourth-order valence-electron chi connectivity index (χ4n) is 3.67. The van der Waals surface area contributed by atoms with E-state index in [1.54, 1.807) is 29.2 Å². The minimum Gasteiger partial charge on any atom is -0.378 e. The molecule has 0 aliphatic carbocycles. The van der Waals surface area contributed by atoms with Gasteiger partial charge in [0.25, 0.3) is 6.43 Å². The van der Waals surface area contributed by atoms with Crippen LogP contribution in [0.4, 0.5) is 26.4 Å². The number of hydrogen-bond donors (Lipinski definition) is 0. The Bertz CT molecular complexity index is 1230. The second-order valence-electron chi connectivity index (χ2n) is 7.32. The molecule has 0 saturated carbocycles. The van der Waals surface area contributed by atoms with Crippen molar-refractivity contribution in [2.45, 2.75) is 6.43 Å². The van der Waals surface area contributed by atoms with Crippen molar-refractivity contribution in [1.82, 2.24) is 24.5 Å². The number of nitrogens with zero attached hydrogens (tertiary/aromatic N) is 7. The maximum absolute atomic E-state index is 13.9. The van der Waals surface area contributed by atoms with Gasteiger partial charge in [-0.3, -0.25) is 4.57 Å². The second-order valence-corrected chi connectivity index (χ2v) is 7.32. The van der Waals surface area contributed by atoms with Gasteiger partial charge in [0.15, 0.2) is 5.82 Å². The van der Waals surface area contributed by atoms with Gasteiger partial charge in [0.1, 0.15) is 0 Å². The van der Waals surface area contributed by atoms with Crippen molar-refractivity contribution < 1.29 is 13.5 Å². The number of morpholine rings is 1. The number of halogens is 2. The fourth-order valence-corrected chi connectivity index (χ4v) is 3.67. The first kappa shape index (κ1) is 20.3. The van der Waals surface area contributed by atoms with Gasteiger partial charge in [-0.15, -0.1) is 0 Å². The van der Waals surface area contributed by atoms with E-state index in [9.17, 15) is 8.78 Å². The predicted molar refractivity (Wildman–Crippen MR) is 117 cm³/mol. The van der Waals surface area contributed by atoms with Crippen molar-refractivity contribution in [2.24, 2.45) is 0 Å². The first-order chi connectivity index (χ1) is 15.6. The lowest BCUT2D eigenvalue weighted by Crippen LogP contribution is -2.38. The van der Waals surface area contributed by atoms with Gasteiger partial charge in [-0.25, -0.2) is 13.8 Å². The van der Waals surface area contributed by atoms with Gasteiger partial charge >= 0.3 is 0 Å². The molecule has 0 amide bonds. The zero-order valence-corrected chi connectivity index (χ0v) is 17.4. The molecule has 0 N–H and O–H groups in total. The summed E-state index contributed by atoms with van der Waals surface area (Å²) < 4.78 is 34.6. The van der Waals surface area contributed by atoms with Gasteiger partial charge < -0.3 is 14.5 Å². The Balaban J connectivity index is 1.70. The van der Waals surface area contributed by atoms with Crippen molar-refractivity contribution >= 4 is 28.6 Å². The maximum Gasteiger partial charge on any atom is 0.296 e. The lowest BCUT2D eigenvalue weighted by Gasteiger charge is -2.28. The number of ether oxygens (including phenoxy) is 1. The minimum absolute atomic E-state index is 0.100. The number of benzene rings is 2. The van der Waals surface area contributed by atoms with Crippen molar-refractivity contribution in [2.75, 3.05) is 43.2 Å². The number of para-hydroxylation sites is 3. The molecule has 0 spiro atoms. The molecular weight excluding hydrogens is 416 g/mol. The number of imidazole rings is 1. The van der Waals surface area contributed by atoms with E-state index in [1.165, 1.54) is 4.57 Å². The van der Waals surface area contributed by atoms with Crippen LogP contribution in [0.15, 0.2) is 54.6 Å². The van der Waals surface area contributed by atoms with Crippen LogP contribution >= 0.6 is 0 Å². The first-order valence-corrected chi connectivity index (χ1v) is 10.3. The SMILES string of the molecule is CN(c1ccccc1)c1nc(N2CCOCC2)nc(-n2c(C(F)F)nc3ccccc32)n1. The number of anilines is 3. The molecule has 0 radical (unpaired) electrons. The molecule has 164 valence electrons. The molecule has 10 heteroatoms. The van der Waals surface area contributed by atoms with E-state index in [4.69, 9.17) is 4.74 Å². The molecule has 1 saturated heterocycles. The van der Waals surface area contributed by atoms with Gasteiger partial charge in [-0.05, 0) is 24.3 Å². The molecule has 2 aromatic carbocycles. The molecule has 0 unspecified atom stereocenters. The summed E-state index contributed by atoms with van der Waals surface area (Å²) in [6.07, 6.45) is -2.79. The summed E-state index contributed by atoms with van der Waals surface area (Å²) >= 11 is 0. The third kappa shape index (κ3) is 3.73. The highest BCUT2D eigenvalue weighted by molar-refractivity contribution is 5.77. The van der Waals surface area contributed by atoms with E-state index in [-0.39, 0.29) is 5.95 Å². The average molecular weight is 437 g/mol. The van der Waals surface area contributed by atoms with Crippen molar-refractivity contribution in [3.63, 3.8) is 0 Å². The lowest BCUT2D eigenvalue weighted by atomic mass is 10.3. The number of hydrogen-bond acceptors (Lipinski definition) is 7. The van der Waals surface area contributed by atoms with Crippen molar-refractivity contribution in [3.8, 4) is 5.95 Å². The number of fused-ring (bicyclic) bond motifs is 1. The van der Waals surface area contributed by atoms with E-state index in [1.807, 2.05) is 42.3 Å². The molecule has 1 aliphatic heterocycles. The Labute approximate surface area is 183 Å². The topological polar surface area (TPSA) is 72.2 Å². The summed E-state index contributed by atoms with van der Waals surface area (Å²) in [6, 6.07) is 16.6. The zero-order valence-electron chi connectivity index (χ0n) is 17.4. The smallest absolute Gasteiger partial charge is 0.296 e. The minimum atomic E-state index is -2.79. The quantitative estimate of drug-likeness (QED) is 0.471. The number of alkyl halides is 2. The zero-order chi connectivity index (χ0) is 22.1. The molecule has 8 nitrogen and oxygen atoms in total. The molecule has 0 atom stereocenters. The highest BCUT2D eigenvalue weighted by atomic mass is 19.3. The molecule has 0 bridgehead atoms. The van der Waals surface area contributed by atoms with Crippen molar-refractivity contribution in [3.05, 3.63) is 60.4 Å². The molecule has 3 heterocycles. The molecule has 5 rings (SSSR count). The van der Waals surface area contributed by atoms with Crippen LogP contribution in [0, 0.1) is 0 Å². The van der Waals surface area contributed by atoms with E-state index in [0.717, 1.165) is 5.69 Å². The molecule has 1 fully saturated rings. The van der Waals surface area contributed by atoms with Gasteiger partial charge in [0, 0.05) is 25.8 Å². The van der Waals surface area contributed by atoms with E-state index in [0.29, 0.717) is 49.2 Å². The molecule has 2 aromatic heterocycles. The van der Waals surface area contributed by atoms with E-state index >= 15 is 0 Å². The Kier molecular flexibility index (Phi) is 5.36. The maximum atomic E-state index is 13.9.